The maximum absolute atomic E-state index is 12.3. The van der Waals surface area contributed by atoms with Crippen LogP contribution in [0, 0.1) is 0 Å². The Morgan fingerprint density at radius 1 is 1.59 bits per heavy atom. The van der Waals surface area contributed by atoms with Gasteiger partial charge in [0.25, 0.3) is 5.91 Å². The number of nitrogen functional groups attached to an aromatic ring is 1. The van der Waals surface area contributed by atoms with Gasteiger partial charge < -0.3 is 10.6 Å². The Kier molecular flexibility index (Phi) is 3.36. The molecule has 0 aliphatic carbocycles. The lowest BCUT2D eigenvalue weighted by Crippen LogP contribution is -2.42. The number of piperidine rings is 1. The van der Waals surface area contributed by atoms with Crippen LogP contribution in [-0.2, 0) is 6.54 Å². The number of carbonyl (C=O) groups excluding carboxylic acids is 1. The molecule has 1 fully saturated rings. The van der Waals surface area contributed by atoms with E-state index in [1.807, 2.05) is 11.8 Å². The summed E-state index contributed by atoms with van der Waals surface area (Å²) in [6.07, 6.45) is 3.37. The van der Waals surface area contributed by atoms with E-state index in [1.165, 1.54) is 6.42 Å². The zero-order valence-electron chi connectivity index (χ0n) is 10.5. The van der Waals surface area contributed by atoms with Gasteiger partial charge in [0, 0.05) is 25.2 Å². The highest BCUT2D eigenvalue weighted by Gasteiger charge is 2.26. The van der Waals surface area contributed by atoms with Crippen molar-refractivity contribution >= 4 is 11.7 Å². The van der Waals surface area contributed by atoms with Crippen molar-refractivity contribution in [2.24, 2.45) is 0 Å². The van der Waals surface area contributed by atoms with E-state index in [4.69, 9.17) is 5.73 Å². The highest BCUT2D eigenvalue weighted by atomic mass is 16.2. The van der Waals surface area contributed by atoms with Crippen LogP contribution in [0.5, 0.6) is 0 Å². The minimum atomic E-state index is 0.0103. The van der Waals surface area contributed by atoms with Crippen LogP contribution < -0.4 is 5.73 Å². The number of nitrogens with zero attached hydrogens (tertiary/aromatic N) is 3. The lowest BCUT2D eigenvalue weighted by Gasteiger charge is -2.32. The average molecular weight is 236 g/mol. The molecule has 0 bridgehead atoms. The molecule has 1 aliphatic heterocycles. The van der Waals surface area contributed by atoms with Gasteiger partial charge in [-0.25, -0.2) is 4.68 Å². The Labute approximate surface area is 102 Å². The number of anilines is 1. The molecular weight excluding hydrogens is 216 g/mol. The van der Waals surface area contributed by atoms with Crippen molar-refractivity contribution in [3.63, 3.8) is 0 Å². The number of aromatic nitrogens is 2. The number of carbonyl (C=O) groups is 1. The fourth-order valence-corrected chi connectivity index (χ4v) is 2.34. The summed E-state index contributed by atoms with van der Waals surface area (Å²) in [5.74, 6) is 0.566. The molecular formula is C12H20N4O. The fraction of sp³-hybridized carbons (Fsp3) is 0.667. The first-order valence-corrected chi connectivity index (χ1v) is 6.27. The van der Waals surface area contributed by atoms with E-state index in [-0.39, 0.29) is 5.91 Å². The van der Waals surface area contributed by atoms with Crippen molar-refractivity contribution in [2.75, 3.05) is 12.3 Å². The van der Waals surface area contributed by atoms with Gasteiger partial charge in [-0.15, -0.1) is 0 Å². The molecule has 0 spiro atoms. The standard InChI is InChI=1S/C12H20N4O/c1-3-16-11(13)8-10(14-16)12(17)15-7-5-4-6-9(15)2/h8-9H,3-7,13H2,1-2H3/t9-/m0/s1. The number of hydrogen-bond donors (Lipinski definition) is 1. The van der Waals surface area contributed by atoms with Crippen molar-refractivity contribution in [3.8, 4) is 0 Å². The predicted molar refractivity (Wildman–Crippen MR) is 66.7 cm³/mol. The fourth-order valence-electron chi connectivity index (χ4n) is 2.34. The SMILES string of the molecule is CCn1nc(C(=O)N2CCCC[C@@H]2C)cc1N. The van der Waals surface area contributed by atoms with E-state index >= 15 is 0 Å². The minimum Gasteiger partial charge on any atom is -0.384 e. The van der Waals surface area contributed by atoms with E-state index in [2.05, 4.69) is 12.0 Å². The molecule has 1 aromatic rings. The van der Waals surface area contributed by atoms with Crippen molar-refractivity contribution in [1.82, 2.24) is 14.7 Å². The van der Waals surface area contributed by atoms with Gasteiger partial charge >= 0.3 is 0 Å². The normalized spacial score (nSPS) is 20.6. The van der Waals surface area contributed by atoms with Crippen LogP contribution in [0.25, 0.3) is 0 Å². The van der Waals surface area contributed by atoms with E-state index in [9.17, 15) is 4.79 Å². The lowest BCUT2D eigenvalue weighted by atomic mass is 10.0. The minimum absolute atomic E-state index is 0.0103. The first-order valence-electron chi connectivity index (χ1n) is 6.27. The van der Waals surface area contributed by atoms with E-state index in [0.29, 0.717) is 24.1 Å². The molecule has 17 heavy (non-hydrogen) atoms. The second-order valence-corrected chi connectivity index (χ2v) is 4.61. The van der Waals surface area contributed by atoms with Crippen LogP contribution in [0.3, 0.4) is 0 Å². The van der Waals surface area contributed by atoms with Gasteiger partial charge in [0.2, 0.25) is 0 Å². The zero-order chi connectivity index (χ0) is 12.4. The van der Waals surface area contributed by atoms with Gasteiger partial charge in [0.15, 0.2) is 5.69 Å². The Morgan fingerprint density at radius 3 is 2.94 bits per heavy atom. The summed E-state index contributed by atoms with van der Waals surface area (Å²) in [4.78, 5) is 14.2. The van der Waals surface area contributed by atoms with Gasteiger partial charge in [-0.3, -0.25) is 4.79 Å². The largest absolute Gasteiger partial charge is 0.384 e. The van der Waals surface area contributed by atoms with Gasteiger partial charge in [-0.2, -0.15) is 5.10 Å². The number of aryl methyl sites for hydroxylation is 1. The summed E-state index contributed by atoms with van der Waals surface area (Å²) in [5.41, 5.74) is 6.25. The summed E-state index contributed by atoms with van der Waals surface area (Å²) in [6.45, 7) is 5.58. The lowest BCUT2D eigenvalue weighted by molar-refractivity contribution is 0.0628. The molecule has 1 atom stereocenters. The van der Waals surface area contributed by atoms with Crippen molar-refractivity contribution in [2.45, 2.75) is 45.7 Å². The Hall–Kier alpha value is -1.52. The van der Waals surface area contributed by atoms with Gasteiger partial charge in [0.05, 0.1) is 0 Å². The molecule has 1 aromatic heterocycles. The summed E-state index contributed by atoms with van der Waals surface area (Å²) in [7, 11) is 0. The van der Waals surface area contributed by atoms with Crippen LogP contribution in [0.1, 0.15) is 43.6 Å². The molecule has 1 saturated heterocycles. The molecule has 2 heterocycles. The van der Waals surface area contributed by atoms with Crippen LogP contribution in [0.15, 0.2) is 6.07 Å². The molecule has 2 N–H and O–H groups in total. The number of amides is 1. The average Bonchev–Trinajstić information content (AvgIpc) is 2.70. The third kappa shape index (κ3) is 2.28. The van der Waals surface area contributed by atoms with E-state index < -0.39 is 0 Å². The number of rotatable bonds is 2. The van der Waals surface area contributed by atoms with Crippen molar-refractivity contribution in [3.05, 3.63) is 11.8 Å². The van der Waals surface area contributed by atoms with Crippen molar-refractivity contribution in [1.29, 1.82) is 0 Å². The summed E-state index contributed by atoms with van der Waals surface area (Å²) < 4.78 is 1.65. The smallest absolute Gasteiger partial charge is 0.274 e. The first-order chi connectivity index (χ1) is 8.13. The Morgan fingerprint density at radius 2 is 2.35 bits per heavy atom. The number of likely N-dealkylation sites (tertiary alicyclic amines) is 1. The number of nitrogens with two attached hydrogens (primary N) is 1. The highest BCUT2D eigenvalue weighted by Crippen LogP contribution is 2.19. The molecule has 2 rings (SSSR count). The molecule has 94 valence electrons. The second kappa shape index (κ2) is 4.77. The molecule has 5 heteroatoms. The molecule has 0 radical (unpaired) electrons. The molecule has 5 nitrogen and oxygen atoms in total. The highest BCUT2D eigenvalue weighted by molar-refractivity contribution is 5.93. The molecule has 1 amide bonds. The van der Waals surface area contributed by atoms with Gasteiger partial charge in [-0.1, -0.05) is 0 Å². The summed E-state index contributed by atoms with van der Waals surface area (Å²) in [6, 6.07) is 1.98. The Balaban J connectivity index is 2.17. The summed E-state index contributed by atoms with van der Waals surface area (Å²) in [5, 5.41) is 4.24. The predicted octanol–water partition coefficient (Wildman–Crippen LogP) is 1.50. The molecule has 0 saturated carbocycles. The van der Waals surface area contributed by atoms with Crippen LogP contribution >= 0.6 is 0 Å². The number of hydrogen-bond acceptors (Lipinski definition) is 3. The monoisotopic (exact) mass is 236 g/mol. The third-order valence-corrected chi connectivity index (χ3v) is 3.39. The van der Waals surface area contributed by atoms with Crippen LogP contribution in [0.2, 0.25) is 0 Å². The van der Waals surface area contributed by atoms with Gasteiger partial charge in [0.1, 0.15) is 5.82 Å². The quantitative estimate of drug-likeness (QED) is 0.846. The topological polar surface area (TPSA) is 64.2 Å². The maximum Gasteiger partial charge on any atom is 0.274 e. The van der Waals surface area contributed by atoms with E-state index in [0.717, 1.165) is 19.4 Å². The molecule has 1 aliphatic rings. The second-order valence-electron chi connectivity index (χ2n) is 4.61. The zero-order valence-corrected chi connectivity index (χ0v) is 10.5. The molecule has 0 unspecified atom stereocenters. The molecule has 0 aromatic carbocycles. The van der Waals surface area contributed by atoms with Crippen molar-refractivity contribution < 1.29 is 4.79 Å². The third-order valence-electron chi connectivity index (χ3n) is 3.39. The Bertz CT molecular complexity index is 413. The van der Waals surface area contributed by atoms with Crippen LogP contribution in [-0.4, -0.2) is 33.2 Å². The van der Waals surface area contributed by atoms with Gasteiger partial charge in [-0.05, 0) is 33.1 Å². The van der Waals surface area contributed by atoms with E-state index in [1.54, 1.807) is 10.7 Å². The van der Waals surface area contributed by atoms with Crippen LogP contribution in [0.4, 0.5) is 5.82 Å². The maximum atomic E-state index is 12.3. The summed E-state index contributed by atoms with van der Waals surface area (Å²) >= 11 is 0. The first kappa shape index (κ1) is 12.0.